The number of carbonyl (C=O) groups excluding carboxylic acids is 1. The fraction of sp³-hybridized carbons (Fsp3) is 0.588. The summed E-state index contributed by atoms with van der Waals surface area (Å²) < 4.78 is 1.50. The molecule has 1 aliphatic heterocycles. The van der Waals surface area contributed by atoms with Crippen molar-refractivity contribution in [3.63, 3.8) is 0 Å². The van der Waals surface area contributed by atoms with Gasteiger partial charge in [-0.15, -0.1) is 11.3 Å². The minimum atomic E-state index is -0.0487. The fourth-order valence-corrected chi connectivity index (χ4v) is 5.06. The van der Waals surface area contributed by atoms with Gasteiger partial charge in [-0.25, -0.2) is 4.98 Å². The van der Waals surface area contributed by atoms with Crippen LogP contribution in [-0.4, -0.2) is 32.9 Å². The average molecular weight is 331 g/mol. The van der Waals surface area contributed by atoms with Gasteiger partial charge in [0.05, 0.1) is 11.7 Å². The lowest BCUT2D eigenvalue weighted by molar-refractivity contribution is -0.135. The summed E-state index contributed by atoms with van der Waals surface area (Å²) in [5.41, 5.74) is 1.13. The maximum atomic E-state index is 12.8. The van der Waals surface area contributed by atoms with E-state index >= 15 is 0 Å². The van der Waals surface area contributed by atoms with Crippen LogP contribution in [-0.2, 0) is 24.2 Å². The average Bonchev–Trinajstić information content (AvgIpc) is 3.11. The Morgan fingerprint density at radius 1 is 1.35 bits per heavy atom. The third-order valence-corrected chi connectivity index (χ3v) is 6.32. The van der Waals surface area contributed by atoms with E-state index in [-0.39, 0.29) is 24.1 Å². The summed E-state index contributed by atoms with van der Waals surface area (Å²) in [6, 6.07) is 0.272. The topological polar surface area (TPSA) is 55.2 Å². The van der Waals surface area contributed by atoms with Gasteiger partial charge in [-0.2, -0.15) is 0 Å². The third kappa shape index (κ3) is 2.49. The number of thiophene rings is 1. The van der Waals surface area contributed by atoms with E-state index in [2.05, 4.69) is 11.9 Å². The second-order valence-electron chi connectivity index (χ2n) is 6.65. The van der Waals surface area contributed by atoms with E-state index in [4.69, 9.17) is 0 Å². The van der Waals surface area contributed by atoms with E-state index in [0.717, 1.165) is 48.9 Å². The molecule has 1 saturated heterocycles. The maximum absolute atomic E-state index is 12.8. The molecule has 1 fully saturated rings. The molecule has 1 atom stereocenters. The molecule has 0 unspecified atom stereocenters. The summed E-state index contributed by atoms with van der Waals surface area (Å²) in [4.78, 5) is 33.9. The zero-order valence-corrected chi connectivity index (χ0v) is 14.2. The lowest BCUT2D eigenvalue weighted by Crippen LogP contribution is -2.44. The number of aromatic nitrogens is 2. The zero-order chi connectivity index (χ0) is 16.0. The van der Waals surface area contributed by atoms with E-state index in [1.807, 2.05) is 4.90 Å². The number of aryl methyl sites for hydroxylation is 2. The molecule has 4 rings (SSSR count). The van der Waals surface area contributed by atoms with Gasteiger partial charge >= 0.3 is 0 Å². The summed E-state index contributed by atoms with van der Waals surface area (Å²) in [6.45, 7) is 3.00. The molecule has 23 heavy (non-hydrogen) atoms. The molecule has 5 nitrogen and oxygen atoms in total. The molecule has 1 aliphatic carbocycles. The Labute approximate surface area is 138 Å². The summed E-state index contributed by atoms with van der Waals surface area (Å²) >= 11 is 1.64. The summed E-state index contributed by atoms with van der Waals surface area (Å²) in [6.07, 6.45) is 7.97. The number of hydrogen-bond donors (Lipinski definition) is 0. The van der Waals surface area contributed by atoms with Crippen molar-refractivity contribution < 1.29 is 4.79 Å². The number of likely N-dealkylation sites (tertiary alicyclic amines) is 1. The van der Waals surface area contributed by atoms with Crippen LogP contribution in [0.5, 0.6) is 0 Å². The van der Waals surface area contributed by atoms with Crippen LogP contribution in [0.3, 0.4) is 0 Å². The number of carbonyl (C=O) groups is 1. The van der Waals surface area contributed by atoms with Crippen molar-refractivity contribution in [3.8, 4) is 0 Å². The maximum Gasteiger partial charge on any atom is 0.262 e. The van der Waals surface area contributed by atoms with Gasteiger partial charge in [0.15, 0.2) is 0 Å². The first-order valence-electron chi connectivity index (χ1n) is 8.44. The van der Waals surface area contributed by atoms with Crippen LogP contribution in [0.25, 0.3) is 10.2 Å². The molecule has 0 aromatic carbocycles. The Morgan fingerprint density at radius 2 is 2.22 bits per heavy atom. The van der Waals surface area contributed by atoms with Crippen molar-refractivity contribution >= 4 is 27.5 Å². The van der Waals surface area contributed by atoms with Crippen molar-refractivity contribution in [1.82, 2.24) is 14.5 Å². The van der Waals surface area contributed by atoms with Gasteiger partial charge in [0, 0.05) is 17.5 Å². The molecule has 2 aromatic heterocycles. The van der Waals surface area contributed by atoms with E-state index < -0.39 is 0 Å². The van der Waals surface area contributed by atoms with Crippen LogP contribution in [0.2, 0.25) is 0 Å². The summed E-state index contributed by atoms with van der Waals surface area (Å²) in [5, 5.41) is 0.754. The molecule has 122 valence electrons. The molecule has 6 heteroatoms. The lowest BCUT2D eigenvalue weighted by Gasteiger charge is -2.33. The van der Waals surface area contributed by atoms with Gasteiger partial charge in [0.25, 0.3) is 5.56 Å². The van der Waals surface area contributed by atoms with E-state index in [9.17, 15) is 9.59 Å². The van der Waals surface area contributed by atoms with Crippen molar-refractivity contribution in [2.75, 3.05) is 6.54 Å². The van der Waals surface area contributed by atoms with Crippen molar-refractivity contribution in [2.45, 2.75) is 58.0 Å². The number of piperidine rings is 1. The van der Waals surface area contributed by atoms with Crippen LogP contribution in [0.4, 0.5) is 0 Å². The second kappa shape index (κ2) is 5.74. The normalized spacial score (nSPS) is 20.9. The van der Waals surface area contributed by atoms with Crippen LogP contribution in [0, 0.1) is 0 Å². The molecule has 0 radical (unpaired) electrons. The number of amides is 1. The minimum Gasteiger partial charge on any atom is -0.338 e. The SMILES string of the molecule is C[C@@H]1CCCCN1C(=O)Cn1cnc2sc3c(c2c1=O)CCC3. The fourth-order valence-electron chi connectivity index (χ4n) is 3.84. The van der Waals surface area contributed by atoms with Crippen LogP contribution in [0.15, 0.2) is 11.1 Å². The monoisotopic (exact) mass is 331 g/mol. The van der Waals surface area contributed by atoms with Gasteiger partial charge in [0.2, 0.25) is 5.91 Å². The molecule has 0 N–H and O–H groups in total. The second-order valence-corrected chi connectivity index (χ2v) is 7.73. The summed E-state index contributed by atoms with van der Waals surface area (Å²) in [5.74, 6) is 0.0346. The first-order chi connectivity index (χ1) is 11.1. The number of hydrogen-bond acceptors (Lipinski definition) is 4. The molecule has 0 spiro atoms. The molecule has 2 aliphatic rings. The van der Waals surface area contributed by atoms with Crippen molar-refractivity contribution in [2.24, 2.45) is 0 Å². The van der Waals surface area contributed by atoms with Gasteiger partial charge in [-0.3, -0.25) is 14.2 Å². The minimum absolute atomic E-state index is 0.0346. The molecule has 1 amide bonds. The first-order valence-corrected chi connectivity index (χ1v) is 9.26. The van der Waals surface area contributed by atoms with E-state index in [0.29, 0.717) is 0 Å². The van der Waals surface area contributed by atoms with Gasteiger partial charge < -0.3 is 4.90 Å². The molecule has 2 aromatic rings. The molecular weight excluding hydrogens is 310 g/mol. The van der Waals surface area contributed by atoms with Crippen molar-refractivity contribution in [3.05, 3.63) is 27.1 Å². The molecular formula is C17H21N3O2S. The highest BCUT2D eigenvalue weighted by molar-refractivity contribution is 7.18. The van der Waals surface area contributed by atoms with E-state index in [1.54, 1.807) is 17.7 Å². The number of fused-ring (bicyclic) bond motifs is 3. The first kappa shape index (κ1) is 14.9. The number of rotatable bonds is 2. The molecule has 0 saturated carbocycles. The Bertz CT molecular complexity index is 823. The van der Waals surface area contributed by atoms with Crippen LogP contribution < -0.4 is 5.56 Å². The summed E-state index contributed by atoms with van der Waals surface area (Å²) in [7, 11) is 0. The largest absolute Gasteiger partial charge is 0.338 e. The Morgan fingerprint density at radius 3 is 3.04 bits per heavy atom. The highest BCUT2D eigenvalue weighted by Gasteiger charge is 2.25. The quantitative estimate of drug-likeness (QED) is 0.849. The third-order valence-electron chi connectivity index (χ3n) is 5.12. The van der Waals surface area contributed by atoms with Gasteiger partial charge in [-0.05, 0) is 51.0 Å². The smallest absolute Gasteiger partial charge is 0.262 e. The van der Waals surface area contributed by atoms with Crippen molar-refractivity contribution in [1.29, 1.82) is 0 Å². The number of nitrogens with zero attached hydrogens (tertiary/aromatic N) is 3. The highest BCUT2D eigenvalue weighted by atomic mass is 32.1. The van der Waals surface area contributed by atoms with Gasteiger partial charge in [0.1, 0.15) is 11.4 Å². The highest BCUT2D eigenvalue weighted by Crippen LogP contribution is 2.34. The standard InChI is InChI=1S/C17H21N3O2S/c1-11-5-2-3-8-20(11)14(21)9-19-10-18-16-15(17(19)22)12-6-4-7-13(12)23-16/h10-11H,2-9H2,1H3/t11-/m1/s1. The van der Waals surface area contributed by atoms with Crippen LogP contribution >= 0.6 is 11.3 Å². The Balaban J connectivity index is 1.65. The predicted octanol–water partition coefficient (Wildman–Crippen LogP) is 2.35. The Kier molecular flexibility index (Phi) is 3.71. The van der Waals surface area contributed by atoms with E-state index in [1.165, 1.54) is 21.4 Å². The van der Waals surface area contributed by atoms with Gasteiger partial charge in [-0.1, -0.05) is 0 Å². The zero-order valence-electron chi connectivity index (χ0n) is 13.4. The lowest BCUT2D eigenvalue weighted by atomic mass is 10.0. The molecule has 3 heterocycles. The Hall–Kier alpha value is -1.69. The predicted molar refractivity (Wildman–Crippen MR) is 90.9 cm³/mol. The van der Waals surface area contributed by atoms with Crippen LogP contribution in [0.1, 0.15) is 43.0 Å². The molecule has 0 bridgehead atoms.